The minimum atomic E-state index is 0. The van der Waals surface area contributed by atoms with Gasteiger partial charge in [-0.25, -0.2) is 0 Å². The highest BCUT2D eigenvalue weighted by atomic mass is 127. The first-order valence-corrected chi connectivity index (χ1v) is 7.85. The molecule has 4 nitrogen and oxygen atoms in total. The van der Waals surface area contributed by atoms with Crippen LogP contribution in [-0.4, -0.2) is 43.2 Å². The van der Waals surface area contributed by atoms with Gasteiger partial charge < -0.3 is 15.4 Å². The predicted octanol–water partition coefficient (Wildman–Crippen LogP) is 2.86. The van der Waals surface area contributed by atoms with E-state index < -0.39 is 0 Å². The minimum absolute atomic E-state index is 0. The van der Waals surface area contributed by atoms with Crippen LogP contribution in [0.3, 0.4) is 0 Å². The molecule has 2 aliphatic heterocycles. The maximum Gasteiger partial charge on any atom is 0.191 e. The van der Waals surface area contributed by atoms with Gasteiger partial charge in [0.2, 0.25) is 0 Å². The number of nitrogens with zero attached hydrogens (tertiary/aromatic N) is 2. The maximum atomic E-state index is 6.12. The van der Waals surface area contributed by atoms with Crippen LogP contribution in [-0.2, 0) is 4.74 Å². The van der Waals surface area contributed by atoms with Crippen molar-refractivity contribution in [3.8, 4) is 0 Å². The van der Waals surface area contributed by atoms with Crippen LogP contribution in [0.1, 0.15) is 46.0 Å². The second-order valence-electron chi connectivity index (χ2n) is 6.23. The highest BCUT2D eigenvalue weighted by Crippen LogP contribution is 2.26. The first-order valence-electron chi connectivity index (χ1n) is 7.85. The molecule has 0 aliphatic carbocycles. The molecule has 2 atom stereocenters. The highest BCUT2D eigenvalue weighted by molar-refractivity contribution is 14.0. The topological polar surface area (TPSA) is 50.9 Å². The lowest BCUT2D eigenvalue weighted by atomic mass is 9.87. The van der Waals surface area contributed by atoms with Gasteiger partial charge in [0.1, 0.15) is 0 Å². The molecule has 0 spiro atoms. The molecule has 2 aliphatic rings. The van der Waals surface area contributed by atoms with Gasteiger partial charge in [-0.2, -0.15) is 0 Å². The zero-order chi connectivity index (χ0) is 13.7. The standard InChI is InChI=1S/C15H29N3O.HI/c1-12(2)14-13(7-6-10-19-14)11-17-15(16)18-8-4-3-5-9-18;/h12-14H,3-11H2,1-2H3,(H2,16,17);1H. The number of hydrogen-bond donors (Lipinski definition) is 1. The lowest BCUT2D eigenvalue weighted by Gasteiger charge is -2.34. The molecule has 0 aromatic rings. The van der Waals surface area contributed by atoms with E-state index in [0.717, 1.165) is 38.6 Å². The second-order valence-corrected chi connectivity index (χ2v) is 6.23. The molecule has 20 heavy (non-hydrogen) atoms. The summed E-state index contributed by atoms with van der Waals surface area (Å²) in [6.45, 7) is 8.35. The zero-order valence-electron chi connectivity index (χ0n) is 12.9. The first kappa shape index (κ1) is 18.0. The third kappa shape index (κ3) is 5.06. The molecule has 0 bridgehead atoms. The molecule has 0 radical (unpaired) electrons. The first-order chi connectivity index (χ1) is 9.18. The summed E-state index contributed by atoms with van der Waals surface area (Å²) in [4.78, 5) is 6.88. The van der Waals surface area contributed by atoms with Crippen LogP contribution in [0, 0.1) is 11.8 Å². The fourth-order valence-electron chi connectivity index (χ4n) is 3.23. The molecule has 2 saturated heterocycles. The lowest BCUT2D eigenvalue weighted by molar-refractivity contribution is -0.0491. The predicted molar refractivity (Wildman–Crippen MR) is 94.6 cm³/mol. The van der Waals surface area contributed by atoms with Crippen molar-refractivity contribution in [1.82, 2.24) is 4.90 Å². The summed E-state index contributed by atoms with van der Waals surface area (Å²) >= 11 is 0. The smallest absolute Gasteiger partial charge is 0.191 e. The largest absolute Gasteiger partial charge is 0.378 e. The molecule has 0 aromatic heterocycles. The lowest BCUT2D eigenvalue weighted by Crippen LogP contribution is -2.42. The van der Waals surface area contributed by atoms with E-state index in [1.807, 2.05) is 0 Å². The molecule has 5 heteroatoms. The molecule has 2 rings (SSSR count). The van der Waals surface area contributed by atoms with Crippen molar-refractivity contribution >= 4 is 29.9 Å². The van der Waals surface area contributed by atoms with Gasteiger partial charge >= 0.3 is 0 Å². The monoisotopic (exact) mass is 395 g/mol. The van der Waals surface area contributed by atoms with E-state index in [0.29, 0.717) is 17.9 Å². The second kappa shape index (κ2) is 9.07. The van der Waals surface area contributed by atoms with Crippen molar-refractivity contribution in [3.05, 3.63) is 0 Å². The summed E-state index contributed by atoms with van der Waals surface area (Å²) in [5.74, 6) is 1.85. The van der Waals surface area contributed by atoms with E-state index in [4.69, 9.17) is 10.5 Å². The SMILES string of the molecule is CC(C)C1OCCCC1CN=C(N)N1CCCCC1.I. The number of guanidine groups is 1. The molecule has 0 aromatic carbocycles. The van der Waals surface area contributed by atoms with Crippen LogP contribution in [0.15, 0.2) is 4.99 Å². The van der Waals surface area contributed by atoms with E-state index in [1.165, 1.54) is 25.7 Å². The van der Waals surface area contributed by atoms with E-state index in [-0.39, 0.29) is 24.0 Å². The average molecular weight is 395 g/mol. The van der Waals surface area contributed by atoms with E-state index in [9.17, 15) is 0 Å². The van der Waals surface area contributed by atoms with Gasteiger partial charge in [0.15, 0.2) is 5.96 Å². The number of ether oxygens (including phenoxy) is 1. The number of nitrogens with two attached hydrogens (primary N) is 1. The van der Waals surface area contributed by atoms with Crippen LogP contribution in [0.25, 0.3) is 0 Å². The highest BCUT2D eigenvalue weighted by Gasteiger charge is 2.28. The Balaban J connectivity index is 0.00000200. The Morgan fingerprint density at radius 2 is 1.95 bits per heavy atom. The molecular weight excluding hydrogens is 365 g/mol. The normalized spacial score (nSPS) is 28.4. The Bertz CT molecular complexity index is 303. The van der Waals surface area contributed by atoms with Crippen LogP contribution < -0.4 is 5.73 Å². The molecule has 2 N–H and O–H groups in total. The van der Waals surface area contributed by atoms with Gasteiger partial charge in [-0.3, -0.25) is 4.99 Å². The summed E-state index contributed by atoms with van der Waals surface area (Å²) in [7, 11) is 0. The molecular formula is C15H30IN3O. The van der Waals surface area contributed by atoms with Crippen LogP contribution in [0.2, 0.25) is 0 Å². The fourth-order valence-corrected chi connectivity index (χ4v) is 3.23. The van der Waals surface area contributed by atoms with Crippen LogP contribution in [0.4, 0.5) is 0 Å². The summed E-state index contributed by atoms with van der Waals surface area (Å²) in [6.07, 6.45) is 6.56. The summed E-state index contributed by atoms with van der Waals surface area (Å²) in [5.41, 5.74) is 6.12. The van der Waals surface area contributed by atoms with Gasteiger partial charge in [0.25, 0.3) is 0 Å². The Hall–Kier alpha value is -0.0400. The van der Waals surface area contributed by atoms with Crippen molar-refractivity contribution in [2.24, 2.45) is 22.6 Å². The van der Waals surface area contributed by atoms with Crippen molar-refractivity contribution in [2.45, 2.75) is 52.1 Å². The quantitative estimate of drug-likeness (QED) is 0.454. The summed E-state index contributed by atoms with van der Waals surface area (Å²) in [6, 6.07) is 0. The Labute approximate surface area is 140 Å². The molecule has 0 amide bonds. The molecule has 0 saturated carbocycles. The average Bonchev–Trinajstić information content (AvgIpc) is 2.46. The fraction of sp³-hybridized carbons (Fsp3) is 0.933. The number of piperidine rings is 1. The van der Waals surface area contributed by atoms with Crippen molar-refractivity contribution in [3.63, 3.8) is 0 Å². The minimum Gasteiger partial charge on any atom is -0.378 e. The van der Waals surface area contributed by atoms with E-state index in [2.05, 4.69) is 23.7 Å². The number of halogens is 1. The molecule has 2 unspecified atom stereocenters. The van der Waals surface area contributed by atoms with Crippen molar-refractivity contribution < 1.29 is 4.74 Å². The van der Waals surface area contributed by atoms with E-state index >= 15 is 0 Å². The van der Waals surface area contributed by atoms with Crippen molar-refractivity contribution in [2.75, 3.05) is 26.2 Å². The maximum absolute atomic E-state index is 6.12. The Kier molecular flexibility index (Phi) is 8.17. The number of likely N-dealkylation sites (tertiary alicyclic amines) is 1. The Morgan fingerprint density at radius 3 is 2.60 bits per heavy atom. The van der Waals surface area contributed by atoms with Gasteiger partial charge in [-0.15, -0.1) is 24.0 Å². The van der Waals surface area contributed by atoms with Gasteiger partial charge in [-0.1, -0.05) is 13.8 Å². The number of aliphatic imine (C=N–C) groups is 1. The van der Waals surface area contributed by atoms with Gasteiger partial charge in [0, 0.05) is 32.2 Å². The number of rotatable bonds is 3. The van der Waals surface area contributed by atoms with Crippen molar-refractivity contribution in [1.29, 1.82) is 0 Å². The van der Waals surface area contributed by atoms with E-state index in [1.54, 1.807) is 0 Å². The van der Waals surface area contributed by atoms with Gasteiger partial charge in [0.05, 0.1) is 6.10 Å². The van der Waals surface area contributed by atoms with Crippen LogP contribution in [0.5, 0.6) is 0 Å². The van der Waals surface area contributed by atoms with Gasteiger partial charge in [-0.05, 0) is 38.0 Å². The number of hydrogen-bond acceptors (Lipinski definition) is 2. The zero-order valence-corrected chi connectivity index (χ0v) is 15.2. The third-order valence-electron chi connectivity index (χ3n) is 4.32. The Morgan fingerprint density at radius 1 is 1.25 bits per heavy atom. The third-order valence-corrected chi connectivity index (χ3v) is 4.32. The van der Waals surface area contributed by atoms with Crippen LogP contribution >= 0.6 is 24.0 Å². The molecule has 2 fully saturated rings. The summed E-state index contributed by atoms with van der Waals surface area (Å²) < 4.78 is 5.91. The summed E-state index contributed by atoms with van der Waals surface area (Å²) in [5, 5.41) is 0. The molecule has 118 valence electrons. The molecule has 2 heterocycles.